The van der Waals surface area contributed by atoms with Gasteiger partial charge in [0.25, 0.3) is 5.69 Å². The van der Waals surface area contributed by atoms with Crippen molar-refractivity contribution in [2.45, 2.75) is 33.1 Å². The third kappa shape index (κ3) is 4.02. The zero-order valence-electron chi connectivity index (χ0n) is 14.5. The first kappa shape index (κ1) is 20.3. The van der Waals surface area contributed by atoms with E-state index in [1.807, 2.05) is 13.8 Å². The predicted molar refractivity (Wildman–Crippen MR) is 92.0 cm³/mol. The number of hydrogen-bond donors (Lipinski definition) is 1. The fourth-order valence-electron chi connectivity index (χ4n) is 2.69. The van der Waals surface area contributed by atoms with E-state index in [1.165, 1.54) is 12.0 Å². The Bertz CT molecular complexity index is 676. The highest BCUT2D eigenvalue weighted by Crippen LogP contribution is 2.47. The molecule has 2 rings (SSSR count). The highest BCUT2D eigenvalue weighted by Gasteiger charge is 2.38. The second-order valence-corrected chi connectivity index (χ2v) is 4.98. The Kier molecular flexibility index (Phi) is 7.24. The summed E-state index contributed by atoms with van der Waals surface area (Å²) in [5.74, 6) is -0.335. The summed E-state index contributed by atoms with van der Waals surface area (Å²) in [5.41, 5.74) is 4.83. The molecular formula is C15H22N4O6. The SMILES string of the molecule is CC.COc1c([N+](=O)[O-])cc([N+](=O)[O-])c2c1CCN2C(=O)CCCN. The highest BCUT2D eigenvalue weighted by molar-refractivity contribution is 5.99. The van der Waals surface area contributed by atoms with Crippen LogP contribution in [0.25, 0.3) is 0 Å². The number of amides is 1. The lowest BCUT2D eigenvalue weighted by Crippen LogP contribution is -2.29. The number of nitrogens with zero attached hydrogens (tertiary/aromatic N) is 3. The minimum absolute atomic E-state index is 0.0373. The summed E-state index contributed by atoms with van der Waals surface area (Å²) in [6, 6.07) is 0.839. The van der Waals surface area contributed by atoms with Crippen molar-refractivity contribution in [1.29, 1.82) is 0 Å². The molecule has 0 radical (unpaired) electrons. The van der Waals surface area contributed by atoms with Gasteiger partial charge >= 0.3 is 5.69 Å². The molecule has 0 aromatic heterocycles. The summed E-state index contributed by atoms with van der Waals surface area (Å²) < 4.78 is 5.07. The Labute approximate surface area is 144 Å². The molecule has 10 nitrogen and oxygen atoms in total. The first-order valence-corrected chi connectivity index (χ1v) is 7.95. The molecular weight excluding hydrogens is 332 g/mol. The molecule has 2 N–H and O–H groups in total. The van der Waals surface area contributed by atoms with Gasteiger partial charge in [0.05, 0.1) is 17.0 Å². The molecule has 0 unspecified atom stereocenters. The summed E-state index contributed by atoms with van der Waals surface area (Å²) in [6.07, 6.45) is 0.879. The quantitative estimate of drug-likeness (QED) is 0.609. The van der Waals surface area contributed by atoms with Crippen molar-refractivity contribution in [3.8, 4) is 5.75 Å². The van der Waals surface area contributed by atoms with Gasteiger partial charge in [0.1, 0.15) is 11.8 Å². The lowest BCUT2D eigenvalue weighted by Gasteiger charge is -2.17. The van der Waals surface area contributed by atoms with Crippen molar-refractivity contribution >= 4 is 23.0 Å². The largest absolute Gasteiger partial charge is 0.490 e. The third-order valence-corrected chi connectivity index (χ3v) is 3.66. The van der Waals surface area contributed by atoms with Crippen LogP contribution in [0.1, 0.15) is 32.3 Å². The van der Waals surface area contributed by atoms with Gasteiger partial charge in [-0.3, -0.25) is 25.0 Å². The monoisotopic (exact) mass is 354 g/mol. The van der Waals surface area contributed by atoms with Crippen molar-refractivity contribution in [2.24, 2.45) is 5.73 Å². The van der Waals surface area contributed by atoms with Crippen LogP contribution in [0.3, 0.4) is 0 Å². The number of carbonyl (C=O) groups excluding carboxylic acids is 1. The van der Waals surface area contributed by atoms with Crippen molar-refractivity contribution < 1.29 is 19.4 Å². The number of hydrogen-bond acceptors (Lipinski definition) is 7. The average molecular weight is 354 g/mol. The lowest BCUT2D eigenvalue weighted by atomic mass is 10.1. The molecule has 25 heavy (non-hydrogen) atoms. The van der Waals surface area contributed by atoms with Crippen LogP contribution in [0.2, 0.25) is 0 Å². The topological polar surface area (TPSA) is 142 Å². The number of nitro benzene ring substituents is 2. The summed E-state index contributed by atoms with van der Waals surface area (Å²) in [6.45, 7) is 4.55. The van der Waals surface area contributed by atoms with E-state index in [9.17, 15) is 25.0 Å². The van der Waals surface area contributed by atoms with Crippen LogP contribution in [0.15, 0.2) is 6.07 Å². The van der Waals surface area contributed by atoms with Crippen molar-refractivity contribution in [3.63, 3.8) is 0 Å². The van der Waals surface area contributed by atoms with Crippen LogP contribution in [0.4, 0.5) is 17.1 Å². The van der Waals surface area contributed by atoms with Crippen molar-refractivity contribution in [3.05, 3.63) is 31.9 Å². The maximum Gasteiger partial charge on any atom is 0.318 e. The number of nitro groups is 2. The fourth-order valence-corrected chi connectivity index (χ4v) is 2.69. The fraction of sp³-hybridized carbons (Fsp3) is 0.533. The summed E-state index contributed by atoms with van der Waals surface area (Å²) in [5, 5.41) is 22.4. The molecule has 1 amide bonds. The van der Waals surface area contributed by atoms with Crippen molar-refractivity contribution in [2.75, 3.05) is 25.1 Å². The van der Waals surface area contributed by atoms with Crippen molar-refractivity contribution in [1.82, 2.24) is 0 Å². The summed E-state index contributed by atoms with van der Waals surface area (Å²) in [7, 11) is 1.26. The van der Waals surface area contributed by atoms with Gasteiger partial charge in [-0.25, -0.2) is 0 Å². The summed E-state index contributed by atoms with van der Waals surface area (Å²) in [4.78, 5) is 34.5. The van der Waals surface area contributed by atoms with Gasteiger partial charge in [0.15, 0.2) is 0 Å². The Morgan fingerprint density at radius 1 is 1.28 bits per heavy atom. The number of ether oxygens (including phenoxy) is 1. The average Bonchev–Trinajstić information content (AvgIpc) is 3.04. The van der Waals surface area contributed by atoms with E-state index in [-0.39, 0.29) is 36.7 Å². The van der Waals surface area contributed by atoms with Gasteiger partial charge in [0.2, 0.25) is 11.7 Å². The smallest absolute Gasteiger partial charge is 0.318 e. The molecule has 0 saturated heterocycles. The van der Waals surface area contributed by atoms with E-state index < -0.39 is 21.2 Å². The second-order valence-electron chi connectivity index (χ2n) is 4.98. The molecule has 0 atom stereocenters. The Morgan fingerprint density at radius 3 is 2.36 bits per heavy atom. The Morgan fingerprint density at radius 2 is 1.88 bits per heavy atom. The summed E-state index contributed by atoms with van der Waals surface area (Å²) >= 11 is 0. The Hall–Kier alpha value is -2.75. The minimum atomic E-state index is -0.731. The molecule has 0 bridgehead atoms. The van der Waals surface area contributed by atoms with Gasteiger partial charge in [-0.1, -0.05) is 13.8 Å². The molecule has 0 spiro atoms. The molecule has 1 aromatic carbocycles. The predicted octanol–water partition coefficient (Wildman–Crippen LogP) is 2.17. The minimum Gasteiger partial charge on any atom is -0.490 e. The molecule has 138 valence electrons. The molecule has 1 aliphatic heterocycles. The normalized spacial score (nSPS) is 12.1. The first-order chi connectivity index (χ1) is 11.9. The van der Waals surface area contributed by atoms with Gasteiger partial charge < -0.3 is 15.4 Å². The van der Waals surface area contributed by atoms with Crippen LogP contribution < -0.4 is 15.4 Å². The molecule has 10 heteroatoms. The maximum atomic E-state index is 12.2. The number of methoxy groups -OCH3 is 1. The molecule has 0 saturated carbocycles. The first-order valence-electron chi connectivity index (χ1n) is 7.95. The molecule has 1 aliphatic rings. The van der Waals surface area contributed by atoms with Gasteiger partial charge in [-0.15, -0.1) is 0 Å². The number of anilines is 1. The number of rotatable bonds is 6. The van der Waals surface area contributed by atoms with E-state index in [4.69, 9.17) is 10.5 Å². The van der Waals surface area contributed by atoms with E-state index in [0.717, 1.165) is 6.07 Å². The standard InChI is InChI=1S/C13H16N4O6.C2H6/c1-23-13-8-4-6-15(11(18)3-2-5-14)12(8)9(16(19)20)7-10(13)17(21)22;1-2/h7H,2-6,14H2,1H3;1-2H3. The van der Waals surface area contributed by atoms with Crippen LogP contribution in [0.5, 0.6) is 5.75 Å². The van der Waals surface area contributed by atoms with Gasteiger partial charge in [-0.2, -0.15) is 0 Å². The Balaban J connectivity index is 0.00000151. The van der Waals surface area contributed by atoms with Crippen LogP contribution >= 0.6 is 0 Å². The second kappa shape index (κ2) is 8.92. The molecule has 0 aliphatic carbocycles. The number of benzene rings is 1. The van der Waals surface area contributed by atoms with E-state index in [0.29, 0.717) is 18.5 Å². The third-order valence-electron chi connectivity index (χ3n) is 3.66. The number of nitrogens with two attached hydrogens (primary N) is 1. The lowest BCUT2D eigenvalue weighted by molar-refractivity contribution is -0.394. The van der Waals surface area contributed by atoms with E-state index in [1.54, 1.807) is 0 Å². The number of carbonyl (C=O) groups is 1. The zero-order chi connectivity index (χ0) is 19.1. The molecule has 0 fully saturated rings. The van der Waals surface area contributed by atoms with Crippen LogP contribution in [0, 0.1) is 20.2 Å². The van der Waals surface area contributed by atoms with Crippen LogP contribution in [-0.2, 0) is 11.2 Å². The van der Waals surface area contributed by atoms with E-state index >= 15 is 0 Å². The maximum absolute atomic E-state index is 12.2. The number of fused-ring (bicyclic) bond motifs is 1. The molecule has 1 heterocycles. The zero-order valence-corrected chi connectivity index (χ0v) is 14.5. The van der Waals surface area contributed by atoms with Gasteiger partial charge in [-0.05, 0) is 19.4 Å². The van der Waals surface area contributed by atoms with E-state index in [2.05, 4.69) is 0 Å². The highest BCUT2D eigenvalue weighted by atomic mass is 16.6. The van der Waals surface area contributed by atoms with Crippen LogP contribution in [-0.4, -0.2) is 36.0 Å². The van der Waals surface area contributed by atoms with Gasteiger partial charge in [0, 0.05) is 18.5 Å². The molecule has 1 aromatic rings.